The molecule has 0 fully saturated rings. The summed E-state index contributed by atoms with van der Waals surface area (Å²) in [4.78, 5) is 0. The number of aryl methyl sites for hydroxylation is 2. The molecule has 1 unspecified atom stereocenters. The molecule has 120 valence electrons. The van der Waals surface area contributed by atoms with Gasteiger partial charge in [-0.15, -0.1) is 0 Å². The van der Waals surface area contributed by atoms with E-state index in [9.17, 15) is 18.3 Å². The third-order valence-electron chi connectivity index (χ3n) is 2.69. The van der Waals surface area contributed by atoms with Crippen molar-refractivity contribution in [2.24, 2.45) is 0 Å². The minimum absolute atomic E-state index is 0.0753. The van der Waals surface area contributed by atoms with Crippen LogP contribution in [-0.4, -0.2) is 42.2 Å². The van der Waals surface area contributed by atoms with Crippen LogP contribution in [0.3, 0.4) is 0 Å². The highest BCUT2D eigenvalue weighted by Crippen LogP contribution is 2.29. The fourth-order valence-corrected chi connectivity index (χ4v) is 2.19. The van der Waals surface area contributed by atoms with Crippen LogP contribution in [0, 0.1) is 13.8 Å². The molecule has 0 spiro atoms. The Kier molecular flexibility index (Phi) is 7.34. The monoisotopic (exact) mass is 323 g/mol. The summed E-state index contributed by atoms with van der Waals surface area (Å²) in [6, 6.07) is 5.74. The van der Waals surface area contributed by atoms with Crippen LogP contribution in [0.4, 0.5) is 13.2 Å². The molecule has 1 rings (SSSR count). The largest absolute Gasteiger partial charge is 0.491 e. The molecule has 1 atom stereocenters. The Morgan fingerprint density at radius 2 is 2.05 bits per heavy atom. The Balaban J connectivity index is 2.18. The summed E-state index contributed by atoms with van der Waals surface area (Å²) in [5.41, 5.74) is -2.09. The van der Waals surface area contributed by atoms with Gasteiger partial charge in [-0.25, -0.2) is 0 Å². The zero-order valence-electron chi connectivity index (χ0n) is 12.0. The van der Waals surface area contributed by atoms with E-state index in [4.69, 9.17) is 4.74 Å². The van der Waals surface area contributed by atoms with Gasteiger partial charge in [-0.2, -0.15) is 13.2 Å². The number of hydrogen-bond acceptors (Lipinski definition) is 4. The summed E-state index contributed by atoms with van der Waals surface area (Å²) >= 11 is -0.0766. The van der Waals surface area contributed by atoms with Crippen molar-refractivity contribution in [3.63, 3.8) is 0 Å². The van der Waals surface area contributed by atoms with E-state index in [0.717, 1.165) is 11.1 Å². The quantitative estimate of drug-likeness (QED) is 0.722. The van der Waals surface area contributed by atoms with Crippen molar-refractivity contribution in [2.45, 2.75) is 25.5 Å². The number of ether oxygens (including phenoxy) is 1. The molecule has 0 bridgehead atoms. The Labute approximate surface area is 126 Å². The summed E-state index contributed by atoms with van der Waals surface area (Å²) in [7, 11) is 0. The summed E-state index contributed by atoms with van der Waals surface area (Å²) in [6.07, 6.45) is -0.762. The van der Waals surface area contributed by atoms with Gasteiger partial charge in [0.05, 0.1) is 0 Å². The molecule has 0 saturated heterocycles. The van der Waals surface area contributed by atoms with Gasteiger partial charge in [-0.3, -0.25) is 0 Å². The Morgan fingerprint density at radius 3 is 2.67 bits per heavy atom. The fourth-order valence-electron chi connectivity index (χ4n) is 1.71. The fraction of sp³-hybridized carbons (Fsp3) is 0.571. The second-order valence-corrected chi connectivity index (χ2v) is 5.89. The van der Waals surface area contributed by atoms with Crippen LogP contribution in [0.15, 0.2) is 18.2 Å². The van der Waals surface area contributed by atoms with Crippen molar-refractivity contribution in [2.75, 3.05) is 25.4 Å². The van der Waals surface area contributed by atoms with Crippen molar-refractivity contribution in [1.82, 2.24) is 5.32 Å². The maximum absolute atomic E-state index is 11.9. The first-order valence-electron chi connectivity index (χ1n) is 6.57. The highest BCUT2D eigenvalue weighted by Gasteiger charge is 2.27. The second-order valence-electron chi connectivity index (χ2n) is 4.73. The van der Waals surface area contributed by atoms with Gasteiger partial charge in [0.2, 0.25) is 0 Å². The van der Waals surface area contributed by atoms with Crippen LogP contribution in [-0.2, 0) is 0 Å². The van der Waals surface area contributed by atoms with Crippen molar-refractivity contribution < 1.29 is 23.0 Å². The average molecular weight is 323 g/mol. The topological polar surface area (TPSA) is 41.5 Å². The first-order chi connectivity index (χ1) is 9.78. The van der Waals surface area contributed by atoms with Crippen molar-refractivity contribution in [3.05, 3.63) is 29.3 Å². The van der Waals surface area contributed by atoms with E-state index < -0.39 is 11.6 Å². The van der Waals surface area contributed by atoms with Crippen LogP contribution in [0.5, 0.6) is 5.75 Å². The van der Waals surface area contributed by atoms with Crippen molar-refractivity contribution >= 4 is 11.8 Å². The molecule has 0 aliphatic carbocycles. The Hall–Kier alpha value is -0.920. The standard InChI is InChI=1S/C14H20F3NO2S/c1-10-3-4-13(11(2)7-10)20-9-12(19)8-18-5-6-21-14(15,16)17/h3-4,7,12,18-19H,5-6,8-9H2,1-2H3. The number of thioether (sulfide) groups is 1. The molecular weight excluding hydrogens is 303 g/mol. The number of alkyl halides is 3. The molecule has 1 aromatic rings. The number of aliphatic hydroxyl groups is 1. The lowest BCUT2D eigenvalue weighted by atomic mass is 10.1. The number of nitrogens with one attached hydrogen (secondary N) is 1. The van der Waals surface area contributed by atoms with Crippen molar-refractivity contribution in [3.8, 4) is 5.75 Å². The molecule has 1 aromatic carbocycles. The van der Waals surface area contributed by atoms with E-state index in [1.165, 1.54) is 0 Å². The average Bonchev–Trinajstić information content (AvgIpc) is 2.36. The first kappa shape index (κ1) is 18.1. The van der Waals surface area contributed by atoms with Crippen LogP contribution in [0.1, 0.15) is 11.1 Å². The predicted molar refractivity (Wildman–Crippen MR) is 78.8 cm³/mol. The molecule has 0 aliphatic heterocycles. The van der Waals surface area contributed by atoms with E-state index in [-0.39, 0.29) is 37.2 Å². The first-order valence-corrected chi connectivity index (χ1v) is 7.56. The van der Waals surface area contributed by atoms with Gasteiger partial charge < -0.3 is 15.2 Å². The molecule has 0 radical (unpaired) electrons. The second kappa shape index (κ2) is 8.51. The molecule has 0 aromatic heterocycles. The molecule has 21 heavy (non-hydrogen) atoms. The summed E-state index contributed by atoms with van der Waals surface area (Å²) in [5.74, 6) is 0.626. The van der Waals surface area contributed by atoms with E-state index >= 15 is 0 Å². The molecular formula is C14H20F3NO2S. The predicted octanol–water partition coefficient (Wildman–Crippen LogP) is 2.89. The maximum atomic E-state index is 11.9. The summed E-state index contributed by atoms with van der Waals surface area (Å²) in [5, 5.41) is 12.5. The van der Waals surface area contributed by atoms with Gasteiger partial charge in [-0.1, -0.05) is 17.7 Å². The molecule has 2 N–H and O–H groups in total. The van der Waals surface area contributed by atoms with E-state index in [1.807, 2.05) is 32.0 Å². The van der Waals surface area contributed by atoms with Gasteiger partial charge >= 0.3 is 5.51 Å². The van der Waals surface area contributed by atoms with Gasteiger partial charge in [-0.05, 0) is 37.2 Å². The Bertz CT molecular complexity index is 441. The highest BCUT2D eigenvalue weighted by atomic mass is 32.2. The number of hydrogen-bond donors (Lipinski definition) is 2. The number of rotatable bonds is 8. The minimum Gasteiger partial charge on any atom is -0.491 e. The van der Waals surface area contributed by atoms with Crippen LogP contribution in [0.25, 0.3) is 0 Å². The SMILES string of the molecule is Cc1ccc(OCC(O)CNCCSC(F)(F)F)c(C)c1. The lowest BCUT2D eigenvalue weighted by Gasteiger charge is -2.15. The van der Waals surface area contributed by atoms with Crippen molar-refractivity contribution in [1.29, 1.82) is 0 Å². The minimum atomic E-state index is -4.20. The third-order valence-corrected chi connectivity index (χ3v) is 3.42. The highest BCUT2D eigenvalue weighted by molar-refractivity contribution is 8.00. The van der Waals surface area contributed by atoms with Gasteiger partial charge in [0.1, 0.15) is 18.5 Å². The van der Waals surface area contributed by atoms with Gasteiger partial charge in [0.25, 0.3) is 0 Å². The number of benzene rings is 1. The van der Waals surface area contributed by atoms with E-state index in [2.05, 4.69) is 5.32 Å². The summed E-state index contributed by atoms with van der Waals surface area (Å²) in [6.45, 7) is 4.38. The zero-order chi connectivity index (χ0) is 15.9. The molecule has 0 saturated carbocycles. The number of aliphatic hydroxyl groups excluding tert-OH is 1. The Morgan fingerprint density at radius 1 is 1.33 bits per heavy atom. The van der Waals surface area contributed by atoms with Gasteiger partial charge in [0.15, 0.2) is 0 Å². The van der Waals surface area contributed by atoms with Crippen LogP contribution < -0.4 is 10.1 Å². The third kappa shape index (κ3) is 8.18. The molecule has 7 heteroatoms. The van der Waals surface area contributed by atoms with Gasteiger partial charge in [0, 0.05) is 18.8 Å². The van der Waals surface area contributed by atoms with E-state index in [0.29, 0.717) is 5.75 Å². The zero-order valence-corrected chi connectivity index (χ0v) is 12.9. The maximum Gasteiger partial charge on any atom is 0.441 e. The smallest absolute Gasteiger partial charge is 0.441 e. The normalized spacial score (nSPS) is 13.2. The molecule has 0 amide bonds. The lowest BCUT2D eigenvalue weighted by molar-refractivity contribution is -0.0327. The molecule has 0 heterocycles. The number of halogens is 3. The lowest BCUT2D eigenvalue weighted by Crippen LogP contribution is -2.33. The molecule has 3 nitrogen and oxygen atoms in total. The summed E-state index contributed by atoms with van der Waals surface area (Å²) < 4.78 is 41.1. The van der Waals surface area contributed by atoms with Crippen LogP contribution in [0.2, 0.25) is 0 Å². The van der Waals surface area contributed by atoms with Crippen LogP contribution >= 0.6 is 11.8 Å². The molecule has 0 aliphatic rings. The van der Waals surface area contributed by atoms with E-state index in [1.54, 1.807) is 0 Å².